The molecule has 2 unspecified atom stereocenters. The molecule has 1 amide bonds. The summed E-state index contributed by atoms with van der Waals surface area (Å²) in [6.07, 6.45) is 12.0. The minimum absolute atomic E-state index is 0.0814. The first-order valence-corrected chi connectivity index (χ1v) is 8.83. The van der Waals surface area contributed by atoms with Gasteiger partial charge in [-0.3, -0.25) is 10.1 Å². The molecule has 0 bridgehead atoms. The molecule has 0 saturated heterocycles. The lowest BCUT2D eigenvalue weighted by Crippen LogP contribution is -2.48. The van der Waals surface area contributed by atoms with Crippen molar-refractivity contribution in [3.05, 3.63) is 0 Å². The van der Waals surface area contributed by atoms with Gasteiger partial charge in [0.1, 0.15) is 6.23 Å². The summed E-state index contributed by atoms with van der Waals surface area (Å²) in [4.78, 5) is 11.8. The van der Waals surface area contributed by atoms with E-state index in [4.69, 9.17) is 0 Å². The zero-order chi connectivity index (χ0) is 15.9. The summed E-state index contributed by atoms with van der Waals surface area (Å²) in [5.41, 5.74) is 0. The molecule has 4 nitrogen and oxygen atoms in total. The average molecular weight is 300 g/mol. The van der Waals surface area contributed by atoms with Gasteiger partial charge in [0, 0.05) is 6.42 Å². The molecule has 21 heavy (non-hydrogen) atoms. The van der Waals surface area contributed by atoms with E-state index in [0.717, 1.165) is 19.3 Å². The summed E-state index contributed by atoms with van der Waals surface area (Å²) in [7, 11) is 0. The van der Waals surface area contributed by atoms with Gasteiger partial charge < -0.3 is 10.4 Å². The summed E-state index contributed by atoms with van der Waals surface area (Å²) >= 11 is 0. The molecule has 2 atom stereocenters. The van der Waals surface area contributed by atoms with Crippen molar-refractivity contribution >= 4 is 5.91 Å². The van der Waals surface area contributed by atoms with Gasteiger partial charge in [-0.05, 0) is 19.8 Å². The maximum absolute atomic E-state index is 11.8. The molecule has 0 saturated carbocycles. The third-order valence-electron chi connectivity index (χ3n) is 3.69. The van der Waals surface area contributed by atoms with Gasteiger partial charge in [-0.1, -0.05) is 65.2 Å². The standard InChI is InChI=1S/C17H36N2O2/c1-4-6-7-8-9-10-11-12-13-14-17(21)19-16(5-2)18-15(3)20/h15-16,18,20H,4-14H2,1-3H3,(H,19,21). The quantitative estimate of drug-likeness (QED) is 0.339. The smallest absolute Gasteiger partial charge is 0.221 e. The summed E-state index contributed by atoms with van der Waals surface area (Å²) in [5.74, 6) is 0.0814. The molecule has 0 aliphatic carbocycles. The van der Waals surface area contributed by atoms with Gasteiger partial charge in [-0.15, -0.1) is 0 Å². The Labute approximate surface area is 131 Å². The highest BCUT2D eigenvalue weighted by Gasteiger charge is 2.10. The fraction of sp³-hybridized carbons (Fsp3) is 0.941. The van der Waals surface area contributed by atoms with Crippen LogP contribution in [0.25, 0.3) is 0 Å². The molecule has 0 aliphatic rings. The number of aliphatic hydroxyl groups is 1. The van der Waals surface area contributed by atoms with E-state index in [1.54, 1.807) is 6.92 Å². The Bertz CT molecular complexity index is 245. The number of amides is 1. The Morgan fingerprint density at radius 2 is 1.48 bits per heavy atom. The van der Waals surface area contributed by atoms with Crippen molar-refractivity contribution in [1.82, 2.24) is 10.6 Å². The number of nitrogens with one attached hydrogen (secondary N) is 2. The van der Waals surface area contributed by atoms with Gasteiger partial charge in [-0.25, -0.2) is 0 Å². The molecule has 0 fully saturated rings. The van der Waals surface area contributed by atoms with E-state index in [-0.39, 0.29) is 12.1 Å². The number of rotatable bonds is 14. The van der Waals surface area contributed by atoms with Gasteiger partial charge in [0.2, 0.25) is 5.91 Å². The minimum Gasteiger partial charge on any atom is -0.379 e. The first kappa shape index (κ1) is 20.4. The van der Waals surface area contributed by atoms with Gasteiger partial charge in [0.05, 0.1) is 6.17 Å². The van der Waals surface area contributed by atoms with Crippen LogP contribution in [0.1, 0.15) is 91.4 Å². The summed E-state index contributed by atoms with van der Waals surface area (Å²) in [5, 5.41) is 15.1. The lowest BCUT2D eigenvalue weighted by Gasteiger charge is -2.20. The van der Waals surface area contributed by atoms with Crippen molar-refractivity contribution in [3.63, 3.8) is 0 Å². The Morgan fingerprint density at radius 3 is 1.95 bits per heavy atom. The average Bonchev–Trinajstić information content (AvgIpc) is 2.44. The van der Waals surface area contributed by atoms with Crippen molar-refractivity contribution in [3.8, 4) is 0 Å². The second-order valence-corrected chi connectivity index (χ2v) is 5.95. The predicted octanol–water partition coefficient (Wildman–Crippen LogP) is 3.69. The molecule has 0 radical (unpaired) electrons. The van der Waals surface area contributed by atoms with E-state index in [2.05, 4.69) is 17.6 Å². The Kier molecular flexibility index (Phi) is 13.9. The fourth-order valence-corrected chi connectivity index (χ4v) is 2.42. The normalized spacial score (nSPS) is 13.9. The van der Waals surface area contributed by atoms with E-state index >= 15 is 0 Å². The summed E-state index contributed by atoms with van der Waals surface area (Å²) < 4.78 is 0. The number of hydrogen-bond donors (Lipinski definition) is 3. The molecule has 0 aromatic rings. The molecule has 0 heterocycles. The van der Waals surface area contributed by atoms with Crippen molar-refractivity contribution in [1.29, 1.82) is 0 Å². The topological polar surface area (TPSA) is 61.4 Å². The van der Waals surface area contributed by atoms with Gasteiger partial charge >= 0.3 is 0 Å². The number of carbonyl (C=O) groups excluding carboxylic acids is 1. The van der Waals surface area contributed by atoms with Crippen LogP contribution < -0.4 is 10.6 Å². The lowest BCUT2D eigenvalue weighted by atomic mass is 10.1. The molecule has 0 aromatic heterocycles. The number of hydrogen-bond acceptors (Lipinski definition) is 3. The molecule has 3 N–H and O–H groups in total. The highest BCUT2D eigenvalue weighted by Crippen LogP contribution is 2.10. The van der Waals surface area contributed by atoms with Crippen molar-refractivity contribution in [2.24, 2.45) is 0 Å². The first-order valence-electron chi connectivity index (χ1n) is 8.83. The third-order valence-corrected chi connectivity index (χ3v) is 3.69. The van der Waals surface area contributed by atoms with Crippen LogP contribution in [0.5, 0.6) is 0 Å². The molecule has 4 heteroatoms. The van der Waals surface area contributed by atoms with E-state index in [1.165, 1.54) is 44.9 Å². The van der Waals surface area contributed by atoms with Crippen molar-refractivity contribution < 1.29 is 9.90 Å². The number of carbonyl (C=O) groups is 1. The Hall–Kier alpha value is -0.610. The monoisotopic (exact) mass is 300 g/mol. The fourth-order valence-electron chi connectivity index (χ4n) is 2.42. The van der Waals surface area contributed by atoms with Crippen LogP contribution in [0, 0.1) is 0 Å². The lowest BCUT2D eigenvalue weighted by molar-refractivity contribution is -0.122. The SMILES string of the molecule is CCCCCCCCCCCC(=O)NC(CC)NC(C)O. The zero-order valence-corrected chi connectivity index (χ0v) is 14.3. The predicted molar refractivity (Wildman–Crippen MR) is 88.9 cm³/mol. The zero-order valence-electron chi connectivity index (χ0n) is 14.3. The number of unbranched alkanes of at least 4 members (excludes halogenated alkanes) is 8. The maximum atomic E-state index is 11.8. The highest BCUT2D eigenvalue weighted by atomic mass is 16.3. The molecule has 0 aromatic carbocycles. The third kappa shape index (κ3) is 14.1. The molecule has 0 aliphatic heterocycles. The molecular formula is C17H36N2O2. The van der Waals surface area contributed by atoms with Crippen LogP contribution in [-0.2, 0) is 4.79 Å². The molecule has 126 valence electrons. The van der Waals surface area contributed by atoms with Gasteiger partial charge in [-0.2, -0.15) is 0 Å². The van der Waals surface area contributed by atoms with Crippen molar-refractivity contribution in [2.45, 2.75) is 104 Å². The van der Waals surface area contributed by atoms with Crippen LogP contribution in [0.15, 0.2) is 0 Å². The van der Waals surface area contributed by atoms with Crippen LogP contribution in [0.3, 0.4) is 0 Å². The molecular weight excluding hydrogens is 264 g/mol. The van der Waals surface area contributed by atoms with Gasteiger partial charge in [0.15, 0.2) is 0 Å². The number of aliphatic hydroxyl groups excluding tert-OH is 1. The first-order chi connectivity index (χ1) is 10.1. The Morgan fingerprint density at radius 1 is 0.952 bits per heavy atom. The van der Waals surface area contributed by atoms with E-state index in [1.807, 2.05) is 6.92 Å². The van der Waals surface area contributed by atoms with Gasteiger partial charge in [0.25, 0.3) is 0 Å². The second-order valence-electron chi connectivity index (χ2n) is 5.95. The minimum atomic E-state index is -0.594. The summed E-state index contributed by atoms with van der Waals surface area (Å²) in [6.45, 7) is 5.89. The van der Waals surface area contributed by atoms with E-state index in [9.17, 15) is 9.90 Å². The van der Waals surface area contributed by atoms with E-state index in [0.29, 0.717) is 6.42 Å². The van der Waals surface area contributed by atoms with Crippen LogP contribution >= 0.6 is 0 Å². The molecule has 0 spiro atoms. The highest BCUT2D eigenvalue weighted by molar-refractivity contribution is 5.76. The van der Waals surface area contributed by atoms with E-state index < -0.39 is 6.23 Å². The maximum Gasteiger partial charge on any atom is 0.221 e. The van der Waals surface area contributed by atoms with Crippen LogP contribution in [0.4, 0.5) is 0 Å². The second kappa shape index (κ2) is 14.3. The van der Waals surface area contributed by atoms with Crippen molar-refractivity contribution in [2.75, 3.05) is 0 Å². The molecule has 0 rings (SSSR count). The summed E-state index contributed by atoms with van der Waals surface area (Å²) in [6, 6.07) is 0. The Balaban J connectivity index is 3.44. The largest absolute Gasteiger partial charge is 0.379 e. The van der Waals surface area contributed by atoms with Crippen LogP contribution in [0.2, 0.25) is 0 Å². The van der Waals surface area contributed by atoms with Crippen LogP contribution in [-0.4, -0.2) is 23.4 Å².